The molecule has 0 fully saturated rings. The van der Waals surface area contributed by atoms with Crippen molar-refractivity contribution in [2.75, 3.05) is 52.9 Å². The molecule has 0 spiro atoms. The molecule has 0 N–H and O–H groups in total. The Morgan fingerprint density at radius 1 is 0.415 bits per heavy atom. The molecule has 1 heterocycles. The summed E-state index contributed by atoms with van der Waals surface area (Å²) in [6, 6.07) is 8.08. The largest absolute Gasteiger partial charge is 0.491 e. The van der Waals surface area contributed by atoms with Gasteiger partial charge in [-0.3, -0.25) is 19.2 Å². The Balaban J connectivity index is 1.58. The number of Topliss-reactive ketones (excluding diaryl/α,β-unsaturated/α-hetero) is 2. The zero-order valence-electron chi connectivity index (χ0n) is 31.8. The first-order valence-corrected chi connectivity index (χ1v) is 18.5. The van der Waals surface area contributed by atoms with Gasteiger partial charge in [-0.2, -0.15) is 0 Å². The van der Waals surface area contributed by atoms with Crippen LogP contribution in [0.3, 0.4) is 0 Å². The lowest BCUT2D eigenvalue weighted by atomic mass is 9.79. The molecule has 9 heteroatoms. The lowest BCUT2D eigenvalue weighted by molar-refractivity contribution is -0.115. The average molecular weight is 723 g/mol. The molecule has 6 rings (SSSR count). The van der Waals surface area contributed by atoms with Gasteiger partial charge in [0.15, 0.2) is 23.1 Å². The number of hydrogen-bond acceptors (Lipinski definition) is 9. The molecule has 280 valence electrons. The van der Waals surface area contributed by atoms with Gasteiger partial charge in [-0.05, 0) is 68.5 Å². The molecule has 4 aliphatic rings. The molecule has 10 bridgehead atoms. The van der Waals surface area contributed by atoms with E-state index in [-0.39, 0.29) is 86.1 Å². The van der Waals surface area contributed by atoms with Crippen LogP contribution in [0.15, 0.2) is 70.9 Å². The van der Waals surface area contributed by atoms with Gasteiger partial charge >= 0.3 is 0 Å². The van der Waals surface area contributed by atoms with Gasteiger partial charge in [-0.25, -0.2) is 0 Å². The van der Waals surface area contributed by atoms with E-state index >= 15 is 0 Å². The number of hydrogen-bond donors (Lipinski definition) is 0. The summed E-state index contributed by atoms with van der Waals surface area (Å²) < 4.78 is 30.2. The Bertz CT molecular complexity index is 1700. The van der Waals surface area contributed by atoms with Crippen molar-refractivity contribution in [3.63, 3.8) is 0 Å². The average Bonchev–Trinajstić information content (AvgIpc) is 3.07. The van der Waals surface area contributed by atoms with Crippen LogP contribution in [0.2, 0.25) is 0 Å². The third kappa shape index (κ3) is 9.21. The van der Waals surface area contributed by atoms with Gasteiger partial charge in [-0.1, -0.05) is 65.8 Å². The molecule has 0 aromatic heterocycles. The van der Waals surface area contributed by atoms with E-state index in [9.17, 15) is 19.2 Å². The maximum absolute atomic E-state index is 14.4. The highest BCUT2D eigenvalue weighted by Crippen LogP contribution is 2.39. The number of benzene rings is 2. The van der Waals surface area contributed by atoms with Crippen LogP contribution in [0.4, 0.5) is 0 Å². The van der Waals surface area contributed by atoms with E-state index in [1.165, 1.54) is 24.3 Å². The molecule has 2 aromatic carbocycles. The van der Waals surface area contributed by atoms with Gasteiger partial charge in [0.05, 0.1) is 39.6 Å². The topological polar surface area (TPSA) is 114 Å². The Morgan fingerprint density at radius 3 is 0.943 bits per heavy atom. The van der Waals surface area contributed by atoms with E-state index in [4.69, 9.17) is 23.7 Å². The van der Waals surface area contributed by atoms with Crippen LogP contribution in [0, 0.1) is 0 Å². The van der Waals surface area contributed by atoms with Gasteiger partial charge in [0.25, 0.3) is 0 Å². The van der Waals surface area contributed by atoms with Crippen LogP contribution in [-0.2, 0) is 69.9 Å². The fraction of sp³-hybridized carbons (Fsp3) is 0.455. The number of fused-ring (bicyclic) bond motifs is 2. The molecule has 9 nitrogen and oxygen atoms in total. The molecule has 2 aromatic rings. The van der Waals surface area contributed by atoms with Crippen molar-refractivity contribution < 1.29 is 42.9 Å². The van der Waals surface area contributed by atoms with Gasteiger partial charge < -0.3 is 23.7 Å². The summed E-state index contributed by atoms with van der Waals surface area (Å²) in [6.45, 7) is 15.0. The minimum atomic E-state index is -0.304. The highest BCUT2D eigenvalue weighted by Gasteiger charge is 2.31. The van der Waals surface area contributed by atoms with E-state index in [0.717, 1.165) is 11.1 Å². The van der Waals surface area contributed by atoms with Crippen molar-refractivity contribution >= 4 is 23.1 Å². The molecule has 1 aliphatic heterocycles. The number of carbonyl (C=O) groups excluding carboxylic acids is 4. The summed E-state index contributed by atoms with van der Waals surface area (Å²) in [5, 5.41) is 0. The lowest BCUT2D eigenvalue weighted by Gasteiger charge is -2.27. The van der Waals surface area contributed by atoms with E-state index in [1.54, 1.807) is 0 Å². The summed E-state index contributed by atoms with van der Waals surface area (Å²) in [5.74, 6) is 0.0793. The molecule has 3 aliphatic carbocycles. The summed E-state index contributed by atoms with van der Waals surface area (Å²) >= 11 is 0. The van der Waals surface area contributed by atoms with Crippen LogP contribution < -0.4 is 9.47 Å². The Labute approximate surface area is 312 Å². The third-order valence-electron chi connectivity index (χ3n) is 9.87. The Morgan fingerprint density at radius 2 is 0.679 bits per heavy atom. The van der Waals surface area contributed by atoms with Crippen LogP contribution in [0.5, 0.6) is 11.5 Å². The second-order valence-corrected chi connectivity index (χ2v) is 16.1. The number of allylic oxidation sites excluding steroid dienone is 8. The van der Waals surface area contributed by atoms with Gasteiger partial charge in [0.1, 0.15) is 24.7 Å². The van der Waals surface area contributed by atoms with Crippen molar-refractivity contribution in [3.05, 3.63) is 104 Å². The predicted octanol–water partition coefficient (Wildman–Crippen LogP) is 6.00. The van der Waals surface area contributed by atoms with E-state index in [0.29, 0.717) is 82.5 Å². The first-order chi connectivity index (χ1) is 25.2. The molecule has 53 heavy (non-hydrogen) atoms. The zero-order chi connectivity index (χ0) is 37.9. The molecular weight excluding hydrogens is 672 g/mol. The lowest BCUT2D eigenvalue weighted by Crippen LogP contribution is -2.23. The first kappa shape index (κ1) is 38.3. The Kier molecular flexibility index (Phi) is 11.5. The number of carbonyl (C=O) groups is 4. The maximum Gasteiger partial charge on any atom is 0.185 e. The van der Waals surface area contributed by atoms with E-state index in [1.807, 2.05) is 24.3 Å². The smallest absolute Gasteiger partial charge is 0.185 e. The predicted molar refractivity (Wildman–Crippen MR) is 201 cm³/mol. The summed E-state index contributed by atoms with van der Waals surface area (Å²) in [4.78, 5) is 55.5. The first-order valence-electron chi connectivity index (χ1n) is 18.5. The normalized spacial score (nSPS) is 19.7. The van der Waals surface area contributed by atoms with Crippen LogP contribution in [0.1, 0.15) is 74.9 Å². The van der Waals surface area contributed by atoms with E-state index in [2.05, 4.69) is 41.5 Å². The molecule has 0 unspecified atom stereocenters. The SMILES string of the molecule is CC(C)(C)c1cc2c3c(c1)CC1=CC(=O)C=C(Cc4cc(C(C)(C)C)cc(c4OCCOCCOCCOCCO3)CC3=CC(=O)C=C(C2)C3=O)C1=O. The minimum Gasteiger partial charge on any atom is -0.491 e. The highest BCUT2D eigenvalue weighted by atomic mass is 16.6. The quantitative estimate of drug-likeness (QED) is 0.303. The number of ether oxygens (including phenoxy) is 5. The van der Waals surface area contributed by atoms with Gasteiger partial charge in [0, 0.05) is 48.0 Å². The third-order valence-corrected chi connectivity index (χ3v) is 9.87. The number of rotatable bonds is 0. The van der Waals surface area contributed by atoms with Crippen LogP contribution in [-0.4, -0.2) is 76.0 Å². The summed E-state index contributed by atoms with van der Waals surface area (Å²) in [6.07, 6.45) is 6.19. The summed E-state index contributed by atoms with van der Waals surface area (Å²) in [7, 11) is 0. The van der Waals surface area contributed by atoms with Crippen molar-refractivity contribution in [1.82, 2.24) is 0 Å². The van der Waals surface area contributed by atoms with Crippen molar-refractivity contribution in [2.24, 2.45) is 0 Å². The van der Waals surface area contributed by atoms with Crippen LogP contribution >= 0.6 is 0 Å². The molecule has 0 atom stereocenters. The molecule has 0 radical (unpaired) electrons. The van der Waals surface area contributed by atoms with E-state index < -0.39 is 0 Å². The Hall–Kier alpha value is -4.44. The van der Waals surface area contributed by atoms with Gasteiger partial charge in [-0.15, -0.1) is 0 Å². The molecule has 0 amide bonds. The van der Waals surface area contributed by atoms with Crippen molar-refractivity contribution in [1.29, 1.82) is 0 Å². The van der Waals surface area contributed by atoms with Crippen molar-refractivity contribution in [2.45, 2.75) is 78.1 Å². The second kappa shape index (κ2) is 15.9. The monoisotopic (exact) mass is 722 g/mol. The fourth-order valence-electron chi connectivity index (χ4n) is 7.01. The summed E-state index contributed by atoms with van der Waals surface area (Å²) in [5.41, 5.74) is 5.61. The van der Waals surface area contributed by atoms with Crippen LogP contribution in [0.25, 0.3) is 0 Å². The standard InChI is InChI=1S/C44H50O9/c1-43(2,3)35-19-31-15-27-23-37(45)25-29(39(27)47)17-33-21-36(44(4,5)6)22-34-18-30-26-38(46)24-28(40(30)48)16-32(20-35)41(31)52-13-11-50-9-7-49-8-10-51-12-14-53-42(33)34/h19-26H,7-18H2,1-6H3. The molecular formula is C44H50O9. The van der Waals surface area contributed by atoms with Gasteiger partial charge in [0.2, 0.25) is 0 Å². The minimum absolute atomic E-state index is 0.133. The zero-order valence-corrected chi connectivity index (χ0v) is 31.8. The highest BCUT2D eigenvalue weighted by molar-refractivity contribution is 6.21. The fourth-order valence-corrected chi connectivity index (χ4v) is 7.01. The second-order valence-electron chi connectivity index (χ2n) is 16.1. The molecule has 0 saturated heterocycles. The van der Waals surface area contributed by atoms with Crippen molar-refractivity contribution in [3.8, 4) is 11.5 Å². The number of ketones is 4. The maximum atomic E-state index is 14.4. The molecule has 0 saturated carbocycles.